The van der Waals surface area contributed by atoms with Gasteiger partial charge >= 0.3 is 0 Å². The van der Waals surface area contributed by atoms with Gasteiger partial charge in [-0.1, -0.05) is 66.2 Å². The number of aryl methyl sites for hydroxylation is 4. The fourth-order valence-corrected chi connectivity index (χ4v) is 7.41. The number of para-hydroxylation sites is 2. The van der Waals surface area contributed by atoms with Crippen molar-refractivity contribution in [1.29, 1.82) is 0 Å². The van der Waals surface area contributed by atoms with Gasteiger partial charge in [0.05, 0.1) is 11.0 Å². The lowest BCUT2D eigenvalue weighted by atomic mass is 10.1. The third kappa shape index (κ3) is 3.39. The largest absolute Gasteiger partial charge is 0.344 e. The molecule has 0 aliphatic rings. The summed E-state index contributed by atoms with van der Waals surface area (Å²) < 4.78 is 6.98. The highest BCUT2D eigenvalue weighted by Crippen LogP contribution is 2.41. The molecule has 0 spiro atoms. The Bertz CT molecular complexity index is 2590. The second-order valence-corrected chi connectivity index (χ2v) is 12.2. The first-order valence-electron chi connectivity index (χ1n) is 15.2. The fraction of sp³-hybridized carbons (Fsp3) is 0.100. The Kier molecular flexibility index (Phi) is 5.13. The van der Waals surface area contributed by atoms with Crippen molar-refractivity contribution in [2.75, 3.05) is 4.90 Å². The molecule has 0 bridgehead atoms. The number of fused-ring (bicyclic) bond motifs is 9. The van der Waals surface area contributed by atoms with Gasteiger partial charge in [-0.05, 0) is 67.6 Å². The molecule has 44 heavy (non-hydrogen) atoms. The number of hydrogen-bond donors (Lipinski definition) is 0. The Labute approximate surface area is 255 Å². The van der Waals surface area contributed by atoms with E-state index in [9.17, 15) is 0 Å². The molecule has 9 rings (SSSR count). The standard InChI is InChI=1S/C40H32N4/c1-25-13-15-26(16-14-25)44(27-17-19-31-29-9-5-7-11-35(29)41(2)37(31)21-27)28-18-20-32-34-24-39-33(23-40(34)43(4)38(32)22-28)30-10-6-8-12-36(30)42(39)3/h5-24H,1-4H3. The van der Waals surface area contributed by atoms with E-state index >= 15 is 0 Å². The van der Waals surface area contributed by atoms with Crippen LogP contribution in [0, 0.1) is 6.92 Å². The average Bonchev–Trinajstić information content (AvgIpc) is 3.62. The summed E-state index contributed by atoms with van der Waals surface area (Å²) in [4.78, 5) is 2.39. The van der Waals surface area contributed by atoms with Crippen LogP contribution in [-0.2, 0) is 21.1 Å². The highest BCUT2D eigenvalue weighted by molar-refractivity contribution is 6.18. The Hall–Kier alpha value is -5.48. The number of aromatic nitrogens is 3. The van der Waals surface area contributed by atoms with Crippen LogP contribution in [0.3, 0.4) is 0 Å². The minimum absolute atomic E-state index is 1.14. The maximum absolute atomic E-state index is 2.39. The number of anilines is 3. The molecule has 0 saturated carbocycles. The van der Waals surface area contributed by atoms with E-state index < -0.39 is 0 Å². The Balaban J connectivity index is 1.28. The van der Waals surface area contributed by atoms with Crippen molar-refractivity contribution in [3.63, 3.8) is 0 Å². The van der Waals surface area contributed by atoms with E-state index in [1.807, 2.05) is 0 Å². The zero-order chi connectivity index (χ0) is 29.7. The Morgan fingerprint density at radius 2 is 0.750 bits per heavy atom. The van der Waals surface area contributed by atoms with Crippen LogP contribution in [-0.4, -0.2) is 13.7 Å². The molecule has 0 fully saturated rings. The molecule has 3 heterocycles. The molecule has 0 saturated heterocycles. The molecular formula is C40H32N4. The molecule has 3 aromatic heterocycles. The summed E-state index contributed by atoms with van der Waals surface area (Å²) in [6, 6.07) is 44.8. The number of rotatable bonds is 3. The summed E-state index contributed by atoms with van der Waals surface area (Å²) >= 11 is 0. The summed E-state index contributed by atoms with van der Waals surface area (Å²) in [6.07, 6.45) is 0. The molecule has 0 N–H and O–H groups in total. The summed E-state index contributed by atoms with van der Waals surface area (Å²) in [6.45, 7) is 2.14. The lowest BCUT2D eigenvalue weighted by Crippen LogP contribution is -2.10. The van der Waals surface area contributed by atoms with Crippen LogP contribution in [0.1, 0.15) is 5.56 Å². The van der Waals surface area contributed by atoms with Crippen molar-refractivity contribution in [2.45, 2.75) is 6.92 Å². The third-order valence-electron chi connectivity index (χ3n) is 9.73. The molecule has 0 radical (unpaired) electrons. The van der Waals surface area contributed by atoms with Gasteiger partial charge in [-0.25, -0.2) is 0 Å². The maximum atomic E-state index is 2.39. The molecule has 0 aliphatic heterocycles. The van der Waals surface area contributed by atoms with E-state index in [-0.39, 0.29) is 0 Å². The maximum Gasteiger partial charge on any atom is 0.0509 e. The van der Waals surface area contributed by atoms with E-state index in [1.54, 1.807) is 0 Å². The van der Waals surface area contributed by atoms with E-state index in [1.165, 1.54) is 71.0 Å². The van der Waals surface area contributed by atoms with Crippen molar-refractivity contribution in [3.8, 4) is 0 Å². The highest BCUT2D eigenvalue weighted by atomic mass is 15.1. The Morgan fingerprint density at radius 1 is 0.364 bits per heavy atom. The molecule has 4 nitrogen and oxygen atoms in total. The van der Waals surface area contributed by atoms with Crippen molar-refractivity contribution < 1.29 is 0 Å². The lowest BCUT2D eigenvalue weighted by molar-refractivity contribution is 1.01. The van der Waals surface area contributed by atoms with Crippen LogP contribution in [0.2, 0.25) is 0 Å². The average molecular weight is 569 g/mol. The summed E-state index contributed by atoms with van der Waals surface area (Å²) in [5, 5.41) is 7.71. The van der Waals surface area contributed by atoms with Crippen LogP contribution in [0.4, 0.5) is 17.1 Å². The zero-order valence-electron chi connectivity index (χ0n) is 25.3. The van der Waals surface area contributed by atoms with Crippen LogP contribution in [0.25, 0.3) is 65.4 Å². The van der Waals surface area contributed by atoms with Gasteiger partial charge in [0.2, 0.25) is 0 Å². The molecule has 0 unspecified atom stereocenters. The SMILES string of the molecule is Cc1ccc(N(c2ccc3c4ccccc4n(C)c3c2)c2ccc3c4cc5c(cc4n(C)c3c2)c2ccccc2n5C)cc1. The Morgan fingerprint density at radius 3 is 1.30 bits per heavy atom. The first-order valence-corrected chi connectivity index (χ1v) is 15.2. The van der Waals surface area contributed by atoms with Crippen molar-refractivity contribution in [2.24, 2.45) is 21.1 Å². The lowest BCUT2D eigenvalue weighted by Gasteiger charge is -2.26. The van der Waals surface area contributed by atoms with E-state index in [2.05, 4.69) is 168 Å². The quantitative estimate of drug-likeness (QED) is 0.207. The zero-order valence-corrected chi connectivity index (χ0v) is 25.3. The summed E-state index contributed by atoms with van der Waals surface area (Å²) in [5.74, 6) is 0. The first-order chi connectivity index (χ1) is 21.5. The van der Waals surface area contributed by atoms with Gasteiger partial charge in [-0.3, -0.25) is 0 Å². The van der Waals surface area contributed by atoms with Crippen molar-refractivity contribution >= 4 is 82.5 Å². The minimum atomic E-state index is 1.14. The normalized spacial score (nSPS) is 12.1. The predicted octanol–water partition coefficient (Wildman–Crippen LogP) is 10.4. The topological polar surface area (TPSA) is 18.0 Å². The van der Waals surface area contributed by atoms with Gasteiger partial charge in [0.15, 0.2) is 0 Å². The van der Waals surface area contributed by atoms with Crippen LogP contribution in [0.5, 0.6) is 0 Å². The van der Waals surface area contributed by atoms with Crippen molar-refractivity contribution in [1.82, 2.24) is 13.7 Å². The second-order valence-electron chi connectivity index (χ2n) is 12.2. The molecule has 9 aromatic rings. The van der Waals surface area contributed by atoms with Crippen LogP contribution < -0.4 is 4.90 Å². The molecule has 212 valence electrons. The molecule has 0 amide bonds. The highest BCUT2D eigenvalue weighted by Gasteiger charge is 2.19. The van der Waals surface area contributed by atoms with Gasteiger partial charge in [0.25, 0.3) is 0 Å². The van der Waals surface area contributed by atoms with Gasteiger partial charge in [0, 0.05) is 92.6 Å². The number of hydrogen-bond acceptors (Lipinski definition) is 1. The van der Waals surface area contributed by atoms with Gasteiger partial charge in [-0.15, -0.1) is 0 Å². The third-order valence-corrected chi connectivity index (χ3v) is 9.73. The molecule has 0 aliphatic carbocycles. The first kappa shape index (κ1) is 25.1. The molecule has 0 atom stereocenters. The molecular weight excluding hydrogens is 536 g/mol. The van der Waals surface area contributed by atoms with E-state index in [0.29, 0.717) is 0 Å². The summed E-state index contributed by atoms with van der Waals surface area (Å²) in [5.41, 5.74) is 12.2. The van der Waals surface area contributed by atoms with Gasteiger partial charge in [-0.2, -0.15) is 0 Å². The summed E-state index contributed by atoms with van der Waals surface area (Å²) in [7, 11) is 6.54. The smallest absolute Gasteiger partial charge is 0.0509 e. The van der Waals surface area contributed by atoms with E-state index in [4.69, 9.17) is 0 Å². The molecule has 4 heteroatoms. The second kappa shape index (κ2) is 9.01. The fourth-order valence-electron chi connectivity index (χ4n) is 7.41. The number of nitrogens with zero attached hydrogens (tertiary/aromatic N) is 4. The number of benzene rings is 6. The van der Waals surface area contributed by atoms with Gasteiger partial charge < -0.3 is 18.6 Å². The minimum Gasteiger partial charge on any atom is -0.344 e. The van der Waals surface area contributed by atoms with Crippen LogP contribution >= 0.6 is 0 Å². The van der Waals surface area contributed by atoms with Crippen molar-refractivity contribution in [3.05, 3.63) is 127 Å². The van der Waals surface area contributed by atoms with Gasteiger partial charge in [0.1, 0.15) is 0 Å². The predicted molar refractivity (Wildman–Crippen MR) is 188 cm³/mol. The monoisotopic (exact) mass is 568 g/mol. The van der Waals surface area contributed by atoms with Crippen LogP contribution in [0.15, 0.2) is 121 Å². The van der Waals surface area contributed by atoms with E-state index in [0.717, 1.165) is 17.1 Å². The molecule has 6 aromatic carbocycles.